The van der Waals surface area contributed by atoms with Gasteiger partial charge in [0.15, 0.2) is 0 Å². The van der Waals surface area contributed by atoms with Crippen molar-refractivity contribution < 1.29 is 14.3 Å². The Balaban J connectivity index is 2.57. The van der Waals surface area contributed by atoms with Gasteiger partial charge in [-0.05, 0) is 43.0 Å². The van der Waals surface area contributed by atoms with Crippen molar-refractivity contribution in [3.8, 4) is 11.5 Å². The molecule has 0 atom stereocenters. The Morgan fingerprint density at radius 3 is 2.29 bits per heavy atom. The van der Waals surface area contributed by atoms with Crippen molar-refractivity contribution in [2.45, 2.75) is 19.3 Å². The van der Waals surface area contributed by atoms with Crippen LogP contribution in [0.3, 0.4) is 0 Å². The van der Waals surface area contributed by atoms with E-state index in [-0.39, 0.29) is 0 Å². The van der Waals surface area contributed by atoms with Crippen LogP contribution < -0.4 is 9.47 Å². The summed E-state index contributed by atoms with van der Waals surface area (Å²) in [5, 5.41) is 0. The number of ether oxygens (including phenoxy) is 2. The summed E-state index contributed by atoms with van der Waals surface area (Å²) < 4.78 is 10.4. The molecule has 0 N–H and O–H groups in total. The molecule has 0 amide bonds. The van der Waals surface area contributed by atoms with Crippen LogP contribution in [0.1, 0.15) is 18.4 Å². The van der Waals surface area contributed by atoms with Crippen molar-refractivity contribution in [2.24, 2.45) is 0 Å². The van der Waals surface area contributed by atoms with E-state index in [4.69, 9.17) is 9.47 Å². The number of aldehydes is 1. The Hall–Kier alpha value is -1.77. The first-order valence-corrected chi connectivity index (χ1v) is 5.62. The smallest absolute Gasteiger partial charge is 0.142 e. The van der Waals surface area contributed by atoms with Gasteiger partial charge in [0.25, 0.3) is 0 Å². The molecule has 0 aliphatic heterocycles. The summed E-state index contributed by atoms with van der Waals surface area (Å²) in [7, 11) is 3.29. The number of allylic oxidation sites excluding steroid dienone is 2. The molecule has 0 aliphatic carbocycles. The number of aryl methyl sites for hydroxylation is 1. The van der Waals surface area contributed by atoms with E-state index in [0.717, 1.165) is 37.0 Å². The van der Waals surface area contributed by atoms with E-state index in [1.807, 2.05) is 24.3 Å². The van der Waals surface area contributed by atoms with Crippen LogP contribution in [0.15, 0.2) is 30.4 Å². The van der Waals surface area contributed by atoms with Crippen LogP contribution in [0.25, 0.3) is 0 Å². The number of carbonyl (C=O) groups excluding carboxylic acids is 1. The quantitative estimate of drug-likeness (QED) is 0.413. The van der Waals surface area contributed by atoms with Crippen LogP contribution in [0.2, 0.25) is 0 Å². The molecular weight excluding hydrogens is 216 g/mol. The van der Waals surface area contributed by atoms with Gasteiger partial charge in [0.05, 0.1) is 14.2 Å². The van der Waals surface area contributed by atoms with Gasteiger partial charge >= 0.3 is 0 Å². The Morgan fingerprint density at radius 1 is 1.12 bits per heavy atom. The SMILES string of the molecule is COc1cc(CCC/C=C/C=O)cc(OC)c1. The van der Waals surface area contributed by atoms with Gasteiger partial charge in [-0.15, -0.1) is 0 Å². The lowest BCUT2D eigenvalue weighted by molar-refractivity contribution is -0.104. The maximum absolute atomic E-state index is 10.1. The first kappa shape index (κ1) is 13.3. The van der Waals surface area contributed by atoms with E-state index < -0.39 is 0 Å². The molecule has 0 aliphatic rings. The molecule has 0 heterocycles. The lowest BCUT2D eigenvalue weighted by Crippen LogP contribution is -1.91. The number of unbranched alkanes of at least 4 members (excludes halogenated alkanes) is 1. The van der Waals surface area contributed by atoms with Gasteiger partial charge in [-0.3, -0.25) is 4.79 Å². The molecule has 3 nitrogen and oxygen atoms in total. The van der Waals surface area contributed by atoms with Crippen LogP contribution >= 0.6 is 0 Å². The first-order chi connectivity index (χ1) is 8.30. The average Bonchev–Trinajstić information content (AvgIpc) is 2.38. The summed E-state index contributed by atoms with van der Waals surface area (Å²) in [4.78, 5) is 10.1. The Bertz CT molecular complexity index is 361. The van der Waals surface area contributed by atoms with Crippen LogP contribution in [0, 0.1) is 0 Å². The van der Waals surface area contributed by atoms with Crippen LogP contribution in [-0.2, 0) is 11.2 Å². The molecule has 1 rings (SSSR count). The monoisotopic (exact) mass is 234 g/mol. The van der Waals surface area contributed by atoms with Crippen molar-refractivity contribution in [1.82, 2.24) is 0 Å². The summed E-state index contributed by atoms with van der Waals surface area (Å²) in [6.45, 7) is 0. The predicted octanol–water partition coefficient (Wildman–Crippen LogP) is 2.78. The van der Waals surface area contributed by atoms with Crippen LogP contribution in [0.4, 0.5) is 0 Å². The molecule has 17 heavy (non-hydrogen) atoms. The highest BCUT2D eigenvalue weighted by molar-refractivity contribution is 5.64. The van der Waals surface area contributed by atoms with Crippen LogP contribution in [-0.4, -0.2) is 20.5 Å². The summed E-state index contributed by atoms with van der Waals surface area (Å²) in [6.07, 6.45) is 7.06. The third kappa shape index (κ3) is 4.72. The van der Waals surface area contributed by atoms with Gasteiger partial charge in [0.1, 0.15) is 17.8 Å². The second-order valence-electron chi connectivity index (χ2n) is 3.68. The standard InChI is InChI=1S/C14H18O3/c1-16-13-9-12(10-14(11-13)17-2)7-5-3-4-6-8-15/h4,6,8-11H,3,5,7H2,1-2H3/b6-4+. The predicted molar refractivity (Wildman–Crippen MR) is 67.7 cm³/mol. The zero-order valence-electron chi connectivity index (χ0n) is 10.3. The minimum atomic E-state index is 0.800. The molecule has 0 aromatic heterocycles. The maximum atomic E-state index is 10.1. The fourth-order valence-electron chi connectivity index (χ4n) is 1.59. The first-order valence-electron chi connectivity index (χ1n) is 5.62. The topological polar surface area (TPSA) is 35.5 Å². The lowest BCUT2D eigenvalue weighted by Gasteiger charge is -2.07. The van der Waals surface area contributed by atoms with Crippen molar-refractivity contribution in [3.63, 3.8) is 0 Å². The fourth-order valence-corrected chi connectivity index (χ4v) is 1.59. The van der Waals surface area contributed by atoms with E-state index in [9.17, 15) is 4.79 Å². The molecule has 0 bridgehead atoms. The molecule has 0 saturated heterocycles. The van der Waals surface area contributed by atoms with E-state index in [2.05, 4.69) is 0 Å². The van der Waals surface area contributed by atoms with Crippen molar-refractivity contribution in [2.75, 3.05) is 14.2 Å². The van der Waals surface area contributed by atoms with E-state index in [1.54, 1.807) is 14.2 Å². The van der Waals surface area contributed by atoms with Crippen molar-refractivity contribution in [1.29, 1.82) is 0 Å². The van der Waals surface area contributed by atoms with E-state index in [1.165, 1.54) is 11.6 Å². The summed E-state index contributed by atoms with van der Waals surface area (Å²) in [6, 6.07) is 5.87. The highest BCUT2D eigenvalue weighted by atomic mass is 16.5. The highest BCUT2D eigenvalue weighted by Gasteiger charge is 2.01. The average molecular weight is 234 g/mol. The van der Waals surface area contributed by atoms with E-state index in [0.29, 0.717) is 0 Å². The van der Waals surface area contributed by atoms with Gasteiger partial charge in [0, 0.05) is 6.07 Å². The van der Waals surface area contributed by atoms with Gasteiger partial charge in [-0.1, -0.05) is 6.08 Å². The van der Waals surface area contributed by atoms with Crippen LogP contribution in [0.5, 0.6) is 11.5 Å². The molecule has 0 radical (unpaired) electrons. The summed E-state index contributed by atoms with van der Waals surface area (Å²) in [5.74, 6) is 1.62. The molecule has 0 unspecified atom stereocenters. The number of hydrogen-bond acceptors (Lipinski definition) is 3. The second-order valence-corrected chi connectivity index (χ2v) is 3.68. The Kier molecular flexibility index (Phi) is 5.86. The van der Waals surface area contributed by atoms with Gasteiger partial charge in [-0.2, -0.15) is 0 Å². The molecule has 92 valence electrons. The number of methoxy groups -OCH3 is 2. The van der Waals surface area contributed by atoms with Gasteiger partial charge in [0.2, 0.25) is 0 Å². The zero-order valence-corrected chi connectivity index (χ0v) is 10.3. The van der Waals surface area contributed by atoms with Gasteiger partial charge < -0.3 is 9.47 Å². The molecule has 3 heteroatoms. The maximum Gasteiger partial charge on any atom is 0.142 e. The molecule has 0 saturated carbocycles. The van der Waals surface area contributed by atoms with E-state index >= 15 is 0 Å². The summed E-state index contributed by atoms with van der Waals surface area (Å²) >= 11 is 0. The van der Waals surface area contributed by atoms with Gasteiger partial charge in [-0.25, -0.2) is 0 Å². The minimum Gasteiger partial charge on any atom is -0.497 e. The summed E-state index contributed by atoms with van der Waals surface area (Å²) in [5.41, 5.74) is 1.18. The molecule has 1 aromatic rings. The third-order valence-electron chi connectivity index (χ3n) is 2.46. The highest BCUT2D eigenvalue weighted by Crippen LogP contribution is 2.23. The molecule has 0 fully saturated rings. The Labute approximate surface area is 102 Å². The second kappa shape index (κ2) is 7.49. The molecule has 1 aromatic carbocycles. The van der Waals surface area contributed by atoms with Crippen molar-refractivity contribution >= 4 is 6.29 Å². The number of rotatable bonds is 7. The number of carbonyl (C=O) groups is 1. The normalized spacial score (nSPS) is 10.5. The number of hydrogen-bond donors (Lipinski definition) is 0. The Morgan fingerprint density at radius 2 is 1.76 bits per heavy atom. The number of benzene rings is 1. The largest absolute Gasteiger partial charge is 0.497 e. The molecule has 0 spiro atoms. The lowest BCUT2D eigenvalue weighted by atomic mass is 10.1. The fraction of sp³-hybridized carbons (Fsp3) is 0.357. The minimum absolute atomic E-state index is 0.800. The third-order valence-corrected chi connectivity index (χ3v) is 2.46. The molecular formula is C14H18O3. The van der Waals surface area contributed by atoms with Crippen molar-refractivity contribution in [3.05, 3.63) is 35.9 Å². The zero-order chi connectivity index (χ0) is 12.5.